The number of anilines is 1. The topological polar surface area (TPSA) is 121 Å². The van der Waals surface area contributed by atoms with Gasteiger partial charge in [0.05, 0.1) is 6.33 Å². The first-order valence-corrected chi connectivity index (χ1v) is 10.4. The van der Waals surface area contributed by atoms with Crippen molar-refractivity contribution in [2.75, 3.05) is 18.0 Å². The van der Waals surface area contributed by atoms with Crippen molar-refractivity contribution in [1.82, 2.24) is 34.2 Å². The molecule has 5 heterocycles. The van der Waals surface area contributed by atoms with Crippen molar-refractivity contribution in [3.63, 3.8) is 0 Å². The summed E-state index contributed by atoms with van der Waals surface area (Å²) in [7, 11) is 1.77. The third-order valence-corrected chi connectivity index (χ3v) is 6.66. The zero-order valence-electron chi connectivity index (χ0n) is 17.1. The quantitative estimate of drug-likeness (QED) is 0.418. The van der Waals surface area contributed by atoms with Crippen molar-refractivity contribution < 1.29 is 8.94 Å². The van der Waals surface area contributed by atoms with Gasteiger partial charge in [-0.15, -0.1) is 0 Å². The van der Waals surface area contributed by atoms with Crippen LogP contribution >= 0.6 is 0 Å². The molecule has 4 aromatic heterocycles. The number of hydrogen-bond acceptors (Lipinski definition) is 9. The van der Waals surface area contributed by atoms with Gasteiger partial charge in [-0.3, -0.25) is 9.36 Å². The molecule has 2 unspecified atom stereocenters. The Morgan fingerprint density at radius 2 is 1.97 bits per heavy atom. The van der Waals surface area contributed by atoms with Gasteiger partial charge in [-0.2, -0.15) is 4.98 Å². The van der Waals surface area contributed by atoms with Gasteiger partial charge in [-0.05, 0) is 24.0 Å². The molecule has 1 saturated heterocycles. The molecule has 11 nitrogen and oxygen atoms in total. The number of nitrogens with zero attached hydrogens (tertiary/aromatic N) is 8. The van der Waals surface area contributed by atoms with E-state index >= 15 is 0 Å². The van der Waals surface area contributed by atoms with Crippen molar-refractivity contribution in [3.05, 3.63) is 59.3 Å². The summed E-state index contributed by atoms with van der Waals surface area (Å²) in [6.45, 7) is 2.07. The van der Waals surface area contributed by atoms with Crippen LogP contribution in [-0.4, -0.2) is 47.3 Å². The maximum absolute atomic E-state index is 12.7. The first-order valence-electron chi connectivity index (χ1n) is 10.4. The zero-order valence-corrected chi connectivity index (χ0v) is 17.1. The first-order chi connectivity index (χ1) is 15.7. The number of rotatable bonds is 4. The second-order valence-electron chi connectivity index (χ2n) is 8.51. The minimum atomic E-state index is -0.183. The molecule has 0 N–H and O–H groups in total. The Morgan fingerprint density at radius 1 is 1.12 bits per heavy atom. The Balaban J connectivity index is 1.07. The van der Waals surface area contributed by atoms with E-state index in [1.54, 1.807) is 17.9 Å². The Hall–Kier alpha value is -4.02. The molecule has 0 amide bonds. The van der Waals surface area contributed by atoms with Crippen LogP contribution in [0.15, 0.2) is 51.0 Å². The van der Waals surface area contributed by atoms with E-state index in [-0.39, 0.29) is 12.1 Å². The van der Waals surface area contributed by atoms with Crippen LogP contribution < -0.4 is 10.5 Å². The minimum Gasteiger partial charge on any atom is -0.443 e. The highest BCUT2D eigenvalue weighted by molar-refractivity contribution is 5.77. The molecule has 7 rings (SSSR count). The average Bonchev–Trinajstić information content (AvgIpc) is 3.38. The molecule has 2 fully saturated rings. The van der Waals surface area contributed by atoms with E-state index in [0.29, 0.717) is 34.8 Å². The van der Waals surface area contributed by atoms with E-state index in [2.05, 4.69) is 36.1 Å². The van der Waals surface area contributed by atoms with E-state index < -0.39 is 0 Å². The fourth-order valence-corrected chi connectivity index (χ4v) is 4.96. The van der Waals surface area contributed by atoms with Gasteiger partial charge >= 0.3 is 0 Å². The standard InChI is InChI=1S/C21H18N8O3/c1-27-8-22-20-18(27)21(30)29(9-23-20)7-16-25-19(26-32-16)17-12-5-28(6-13(12)17)11-2-3-14-15(4-11)31-10-24-14/h2-4,8-10,12-13,17H,5-7H2,1H3/t12-,13?,17?/m1/s1. The summed E-state index contributed by atoms with van der Waals surface area (Å²) in [5, 5.41) is 4.21. The smallest absolute Gasteiger partial charge is 0.280 e. The SMILES string of the molecule is Cn1cnc2ncn(Cc3nc(C4C5CN(c6ccc7ncoc7c6)C[C@H]54)no3)c(=O)c21. The highest BCUT2D eigenvalue weighted by Crippen LogP contribution is 2.58. The summed E-state index contributed by atoms with van der Waals surface area (Å²) < 4.78 is 14.0. The molecule has 160 valence electrons. The molecule has 1 aromatic carbocycles. The lowest BCUT2D eigenvalue weighted by atomic mass is 10.2. The predicted octanol–water partition coefficient (Wildman–Crippen LogP) is 1.55. The van der Waals surface area contributed by atoms with Crippen molar-refractivity contribution in [3.8, 4) is 0 Å². The molecule has 1 aliphatic heterocycles. The van der Waals surface area contributed by atoms with E-state index in [9.17, 15) is 4.79 Å². The number of oxazole rings is 1. The predicted molar refractivity (Wildman–Crippen MR) is 112 cm³/mol. The molecule has 0 bridgehead atoms. The molecule has 2 aliphatic rings. The normalized spacial score (nSPS) is 22.2. The van der Waals surface area contributed by atoms with E-state index in [0.717, 1.165) is 35.7 Å². The van der Waals surface area contributed by atoms with Crippen molar-refractivity contribution in [1.29, 1.82) is 0 Å². The van der Waals surface area contributed by atoms with E-state index in [4.69, 9.17) is 8.94 Å². The van der Waals surface area contributed by atoms with E-state index in [1.165, 1.54) is 17.3 Å². The van der Waals surface area contributed by atoms with Gasteiger partial charge < -0.3 is 18.4 Å². The molecule has 0 radical (unpaired) electrons. The molecular formula is C21H18N8O3. The number of imidazole rings is 1. The molecule has 0 spiro atoms. The maximum atomic E-state index is 12.7. The van der Waals surface area contributed by atoms with Crippen LogP contribution in [0.2, 0.25) is 0 Å². The Bertz CT molecular complexity index is 1530. The Kier molecular flexibility index (Phi) is 3.45. The summed E-state index contributed by atoms with van der Waals surface area (Å²) in [5.74, 6) is 2.43. The van der Waals surface area contributed by atoms with Crippen molar-refractivity contribution >= 4 is 28.0 Å². The van der Waals surface area contributed by atoms with Gasteiger partial charge in [-0.25, -0.2) is 15.0 Å². The van der Waals surface area contributed by atoms with Gasteiger partial charge in [0.1, 0.15) is 18.4 Å². The van der Waals surface area contributed by atoms with Gasteiger partial charge in [0.25, 0.3) is 5.56 Å². The fourth-order valence-electron chi connectivity index (χ4n) is 4.96. The van der Waals surface area contributed by atoms with Gasteiger partial charge in [0.15, 0.2) is 29.0 Å². The van der Waals surface area contributed by atoms with Crippen LogP contribution in [0.5, 0.6) is 0 Å². The number of aromatic nitrogens is 7. The monoisotopic (exact) mass is 430 g/mol. The summed E-state index contributed by atoms with van der Waals surface area (Å²) in [6, 6.07) is 6.11. The van der Waals surface area contributed by atoms with E-state index in [1.807, 2.05) is 12.1 Å². The number of hydrogen-bond donors (Lipinski definition) is 0. The molecule has 32 heavy (non-hydrogen) atoms. The van der Waals surface area contributed by atoms with Crippen LogP contribution in [0.25, 0.3) is 22.3 Å². The number of benzene rings is 1. The van der Waals surface area contributed by atoms with Crippen LogP contribution in [0, 0.1) is 11.8 Å². The Morgan fingerprint density at radius 3 is 2.84 bits per heavy atom. The highest BCUT2D eigenvalue weighted by atomic mass is 16.5. The van der Waals surface area contributed by atoms with Crippen LogP contribution in [0.4, 0.5) is 5.69 Å². The zero-order chi connectivity index (χ0) is 21.4. The lowest BCUT2D eigenvalue weighted by Gasteiger charge is -2.21. The average molecular weight is 430 g/mol. The lowest BCUT2D eigenvalue weighted by Crippen LogP contribution is -2.23. The molecule has 1 saturated carbocycles. The van der Waals surface area contributed by atoms with Gasteiger partial charge in [0.2, 0.25) is 5.89 Å². The number of piperidine rings is 1. The van der Waals surface area contributed by atoms with Crippen molar-refractivity contribution in [2.45, 2.75) is 12.5 Å². The number of fused-ring (bicyclic) bond motifs is 3. The molecular weight excluding hydrogens is 412 g/mol. The fraction of sp³-hybridized carbons (Fsp3) is 0.333. The second kappa shape index (κ2) is 6.25. The third kappa shape index (κ3) is 2.53. The van der Waals surface area contributed by atoms with Crippen molar-refractivity contribution in [2.24, 2.45) is 18.9 Å². The maximum Gasteiger partial charge on any atom is 0.280 e. The first kappa shape index (κ1) is 17.6. The summed E-state index contributed by atoms with van der Waals surface area (Å²) >= 11 is 0. The molecule has 3 atom stereocenters. The third-order valence-electron chi connectivity index (χ3n) is 6.66. The van der Waals surface area contributed by atoms with Gasteiger partial charge in [-0.1, -0.05) is 5.16 Å². The summed E-state index contributed by atoms with van der Waals surface area (Å²) in [5.41, 5.74) is 3.51. The molecule has 5 aromatic rings. The molecule has 11 heteroatoms. The van der Waals surface area contributed by atoms with Crippen LogP contribution in [0.3, 0.4) is 0 Å². The molecule has 1 aliphatic carbocycles. The lowest BCUT2D eigenvalue weighted by molar-refractivity contribution is 0.363. The van der Waals surface area contributed by atoms with Crippen LogP contribution in [0.1, 0.15) is 17.6 Å². The summed E-state index contributed by atoms with van der Waals surface area (Å²) in [6.07, 6.45) is 4.52. The number of aryl methyl sites for hydroxylation is 1. The minimum absolute atomic E-state index is 0.183. The Labute approximate surface area is 180 Å². The van der Waals surface area contributed by atoms with Crippen LogP contribution in [-0.2, 0) is 13.6 Å². The van der Waals surface area contributed by atoms with Gasteiger partial charge in [0, 0.05) is 37.8 Å². The largest absolute Gasteiger partial charge is 0.443 e. The summed E-state index contributed by atoms with van der Waals surface area (Å²) in [4.78, 5) is 32.2. The second-order valence-corrected chi connectivity index (χ2v) is 8.51. The highest BCUT2D eigenvalue weighted by Gasteiger charge is 2.58.